The Balaban J connectivity index is 1.27. The summed E-state index contributed by atoms with van der Waals surface area (Å²) < 4.78 is 32.8. The van der Waals surface area contributed by atoms with E-state index in [0.717, 1.165) is 25.3 Å². The van der Waals surface area contributed by atoms with Crippen molar-refractivity contribution in [1.29, 1.82) is 0 Å². The number of nitrogens with one attached hydrogen (secondary N) is 1. The number of rotatable bonds is 2. The number of carbonyl (C=O) groups is 1. The second-order valence-electron chi connectivity index (χ2n) is 9.32. The first-order valence-electron chi connectivity index (χ1n) is 11.0. The molecule has 2 amide bonds. The number of amides is 2. The molecule has 5 rings (SSSR count). The first-order chi connectivity index (χ1) is 14.4. The summed E-state index contributed by atoms with van der Waals surface area (Å²) >= 11 is 0. The molecule has 1 spiro atoms. The maximum Gasteiger partial charge on any atom is 0.321 e. The van der Waals surface area contributed by atoms with Crippen molar-refractivity contribution in [2.45, 2.75) is 49.2 Å². The molecule has 3 aliphatic heterocycles. The monoisotopic (exact) mass is 420 g/mol. The molecule has 4 aliphatic rings. The summed E-state index contributed by atoms with van der Waals surface area (Å²) in [7, 11) is 0. The van der Waals surface area contributed by atoms with E-state index >= 15 is 0 Å². The number of halogens is 2. The highest BCUT2D eigenvalue weighted by atomic mass is 19.3. The van der Waals surface area contributed by atoms with Crippen LogP contribution in [0.1, 0.15) is 25.7 Å². The molecule has 0 bridgehead atoms. The molecule has 1 atom stereocenters. The summed E-state index contributed by atoms with van der Waals surface area (Å²) in [5.74, 6) is -2.49. The number of hydrogen-bond donors (Lipinski definition) is 1. The number of fused-ring (bicyclic) bond motifs is 2. The van der Waals surface area contributed by atoms with Gasteiger partial charge in [0, 0.05) is 57.3 Å². The first-order valence-corrected chi connectivity index (χ1v) is 11.0. The van der Waals surface area contributed by atoms with Gasteiger partial charge in [-0.05, 0) is 25.0 Å². The van der Waals surface area contributed by atoms with Gasteiger partial charge in [0.2, 0.25) is 5.92 Å². The zero-order valence-electron chi connectivity index (χ0n) is 17.2. The van der Waals surface area contributed by atoms with E-state index in [-0.39, 0.29) is 36.5 Å². The largest absolute Gasteiger partial charge is 0.378 e. The van der Waals surface area contributed by atoms with E-state index in [1.54, 1.807) is 0 Å². The summed E-state index contributed by atoms with van der Waals surface area (Å²) in [6.45, 7) is 5.22. The zero-order valence-corrected chi connectivity index (χ0v) is 17.2. The van der Waals surface area contributed by atoms with Crippen LogP contribution >= 0.6 is 0 Å². The van der Waals surface area contributed by atoms with Gasteiger partial charge in [-0.3, -0.25) is 9.80 Å². The van der Waals surface area contributed by atoms with Crippen molar-refractivity contribution in [3.8, 4) is 0 Å². The van der Waals surface area contributed by atoms with Gasteiger partial charge in [0.1, 0.15) is 0 Å². The quantitative estimate of drug-likeness (QED) is 0.800. The van der Waals surface area contributed by atoms with Crippen LogP contribution in [0.4, 0.5) is 19.3 Å². The van der Waals surface area contributed by atoms with E-state index in [2.05, 4.69) is 15.1 Å². The van der Waals surface area contributed by atoms with Crippen LogP contribution in [0.15, 0.2) is 30.3 Å². The SMILES string of the molecule is O=C(Nc1ccccc1)N1C[C@@H]2COCCN2C2(C1)CN(C1CCC(F)(F)CC1)C2. The third-order valence-electron chi connectivity index (χ3n) is 7.26. The summed E-state index contributed by atoms with van der Waals surface area (Å²) in [6, 6.07) is 9.85. The molecule has 6 nitrogen and oxygen atoms in total. The molecule has 0 radical (unpaired) electrons. The second-order valence-corrected chi connectivity index (χ2v) is 9.32. The van der Waals surface area contributed by atoms with E-state index < -0.39 is 5.92 Å². The van der Waals surface area contributed by atoms with Crippen molar-refractivity contribution in [2.24, 2.45) is 0 Å². The lowest BCUT2D eigenvalue weighted by molar-refractivity contribution is -0.172. The van der Waals surface area contributed by atoms with E-state index in [0.29, 0.717) is 39.1 Å². The second kappa shape index (κ2) is 7.73. The predicted octanol–water partition coefficient (Wildman–Crippen LogP) is 2.87. The molecule has 0 unspecified atom stereocenters. The molecule has 1 aromatic carbocycles. The van der Waals surface area contributed by atoms with Crippen LogP contribution in [0.25, 0.3) is 0 Å². The molecular formula is C22H30F2N4O2. The third kappa shape index (κ3) is 3.81. The van der Waals surface area contributed by atoms with Gasteiger partial charge in [0.25, 0.3) is 0 Å². The minimum absolute atomic E-state index is 0.00699. The molecule has 1 aliphatic carbocycles. The summed E-state index contributed by atoms with van der Waals surface area (Å²) in [6.07, 6.45) is 1.11. The van der Waals surface area contributed by atoms with Crippen LogP contribution in [0.2, 0.25) is 0 Å². The summed E-state index contributed by atoms with van der Waals surface area (Å²) in [5, 5.41) is 3.01. The maximum atomic E-state index is 13.6. The fourth-order valence-electron chi connectivity index (χ4n) is 5.71. The summed E-state index contributed by atoms with van der Waals surface area (Å²) in [4.78, 5) is 19.8. The van der Waals surface area contributed by atoms with Gasteiger partial charge in [-0.15, -0.1) is 0 Å². The lowest BCUT2D eigenvalue weighted by atomic mass is 9.79. The number of ether oxygens (including phenoxy) is 1. The lowest BCUT2D eigenvalue weighted by Gasteiger charge is -2.64. The average Bonchev–Trinajstić information content (AvgIpc) is 2.72. The van der Waals surface area contributed by atoms with Crippen molar-refractivity contribution in [2.75, 3.05) is 51.3 Å². The normalized spacial score (nSPS) is 29.3. The lowest BCUT2D eigenvalue weighted by Crippen LogP contribution is -2.82. The molecule has 164 valence electrons. The van der Waals surface area contributed by atoms with Crippen LogP contribution in [0, 0.1) is 0 Å². The Hall–Kier alpha value is -1.77. The number of nitrogens with zero attached hydrogens (tertiary/aromatic N) is 3. The Morgan fingerprint density at radius 2 is 1.80 bits per heavy atom. The Labute approximate surface area is 176 Å². The number of likely N-dealkylation sites (tertiary alicyclic amines) is 1. The molecular weight excluding hydrogens is 390 g/mol. The number of benzene rings is 1. The molecule has 4 fully saturated rings. The topological polar surface area (TPSA) is 48.1 Å². The molecule has 8 heteroatoms. The Kier molecular flexibility index (Phi) is 5.19. The van der Waals surface area contributed by atoms with E-state index in [1.807, 2.05) is 35.2 Å². The van der Waals surface area contributed by atoms with Gasteiger partial charge in [-0.1, -0.05) is 18.2 Å². The van der Waals surface area contributed by atoms with Crippen molar-refractivity contribution in [3.05, 3.63) is 30.3 Å². The highest BCUT2D eigenvalue weighted by Gasteiger charge is 2.56. The molecule has 3 saturated heterocycles. The smallest absolute Gasteiger partial charge is 0.321 e. The molecule has 3 heterocycles. The van der Waals surface area contributed by atoms with Crippen LogP contribution in [-0.4, -0.2) is 90.2 Å². The number of anilines is 1. The van der Waals surface area contributed by atoms with Crippen LogP contribution < -0.4 is 5.32 Å². The molecule has 1 N–H and O–H groups in total. The van der Waals surface area contributed by atoms with Gasteiger partial charge in [-0.25, -0.2) is 13.6 Å². The molecule has 30 heavy (non-hydrogen) atoms. The fraction of sp³-hybridized carbons (Fsp3) is 0.682. The third-order valence-corrected chi connectivity index (χ3v) is 7.26. The number of hydrogen-bond acceptors (Lipinski definition) is 4. The van der Waals surface area contributed by atoms with Gasteiger partial charge in [0.05, 0.1) is 24.8 Å². The Bertz CT molecular complexity index is 762. The van der Waals surface area contributed by atoms with Crippen molar-refractivity contribution in [1.82, 2.24) is 14.7 Å². The van der Waals surface area contributed by atoms with Gasteiger partial charge in [-0.2, -0.15) is 0 Å². The van der Waals surface area contributed by atoms with Gasteiger partial charge >= 0.3 is 6.03 Å². The maximum absolute atomic E-state index is 13.6. The van der Waals surface area contributed by atoms with Crippen molar-refractivity contribution >= 4 is 11.7 Å². The standard InChI is InChI=1S/C22H30F2N4O2/c23-22(24)8-6-18(7-9-22)27-15-21(16-27)14-26(12-19-13-30-11-10-28(19)21)20(29)25-17-4-2-1-3-5-17/h1-5,18-19H,6-16H2,(H,25,29)/t19-/m1/s1. The predicted molar refractivity (Wildman–Crippen MR) is 110 cm³/mol. The zero-order chi connectivity index (χ0) is 20.8. The molecule has 1 aromatic rings. The van der Waals surface area contributed by atoms with Crippen LogP contribution in [0.5, 0.6) is 0 Å². The average molecular weight is 421 g/mol. The minimum Gasteiger partial charge on any atom is -0.378 e. The Morgan fingerprint density at radius 3 is 2.53 bits per heavy atom. The number of piperazine rings is 1. The van der Waals surface area contributed by atoms with Crippen LogP contribution in [-0.2, 0) is 4.74 Å². The highest BCUT2D eigenvalue weighted by molar-refractivity contribution is 5.89. The van der Waals surface area contributed by atoms with Gasteiger partial charge in [0.15, 0.2) is 0 Å². The van der Waals surface area contributed by atoms with E-state index in [1.165, 1.54) is 0 Å². The van der Waals surface area contributed by atoms with Crippen molar-refractivity contribution < 1.29 is 18.3 Å². The number of para-hydroxylation sites is 1. The number of alkyl halides is 2. The highest BCUT2D eigenvalue weighted by Crippen LogP contribution is 2.41. The molecule has 1 saturated carbocycles. The molecule has 0 aromatic heterocycles. The van der Waals surface area contributed by atoms with E-state index in [4.69, 9.17) is 4.74 Å². The fourth-order valence-corrected chi connectivity index (χ4v) is 5.71. The minimum atomic E-state index is -2.49. The Morgan fingerprint density at radius 1 is 1.07 bits per heavy atom. The van der Waals surface area contributed by atoms with Gasteiger partial charge < -0.3 is 15.0 Å². The van der Waals surface area contributed by atoms with E-state index in [9.17, 15) is 13.6 Å². The number of morpholine rings is 1. The summed E-state index contributed by atoms with van der Waals surface area (Å²) in [5.41, 5.74) is 0.693. The first kappa shape index (κ1) is 20.2. The van der Waals surface area contributed by atoms with Crippen LogP contribution in [0.3, 0.4) is 0 Å². The number of urea groups is 1. The number of carbonyl (C=O) groups excluding carboxylic acids is 1. The van der Waals surface area contributed by atoms with Crippen molar-refractivity contribution in [3.63, 3.8) is 0 Å².